The number of tetrazole rings is 1. The predicted molar refractivity (Wildman–Crippen MR) is 116 cm³/mol. The number of aromatic nitrogens is 4. The molecule has 3 aromatic rings. The lowest BCUT2D eigenvalue weighted by molar-refractivity contribution is 0.0729. The summed E-state index contributed by atoms with van der Waals surface area (Å²) in [5, 5.41) is 14.5. The third-order valence-electron chi connectivity index (χ3n) is 5.01. The Hall–Kier alpha value is -2.94. The van der Waals surface area contributed by atoms with E-state index in [0.29, 0.717) is 17.2 Å². The molecule has 14 heteroatoms. The fourth-order valence-electron chi connectivity index (χ4n) is 3.27. The first-order chi connectivity index (χ1) is 15.7. The molecule has 4 rings (SSSR count). The smallest absolute Gasteiger partial charge is 0.246 e. The van der Waals surface area contributed by atoms with Gasteiger partial charge in [-0.1, -0.05) is 0 Å². The van der Waals surface area contributed by atoms with Gasteiger partial charge in [0.1, 0.15) is 10.7 Å². The number of halogens is 1. The van der Waals surface area contributed by atoms with Crippen molar-refractivity contribution < 1.29 is 26.0 Å². The summed E-state index contributed by atoms with van der Waals surface area (Å²) in [6.45, 7) is 0.932. The second-order valence-electron chi connectivity index (χ2n) is 7.29. The summed E-state index contributed by atoms with van der Waals surface area (Å²) >= 11 is 0. The molecule has 0 aliphatic carbocycles. The molecular weight excluding hydrogens is 475 g/mol. The van der Waals surface area contributed by atoms with Crippen molar-refractivity contribution in [3.63, 3.8) is 0 Å². The Morgan fingerprint density at radius 1 is 1.06 bits per heavy atom. The number of rotatable bonds is 7. The maximum atomic E-state index is 14.4. The van der Waals surface area contributed by atoms with Crippen LogP contribution >= 0.6 is 0 Å². The fourth-order valence-corrected chi connectivity index (χ4v) is 5.40. The van der Waals surface area contributed by atoms with E-state index < -0.39 is 30.6 Å². The summed E-state index contributed by atoms with van der Waals surface area (Å²) in [6, 6.07) is 9.78. The van der Waals surface area contributed by atoms with Gasteiger partial charge < -0.3 is 10.1 Å². The second-order valence-corrected chi connectivity index (χ2v) is 11.2. The Morgan fingerprint density at radius 2 is 1.76 bits per heavy atom. The molecule has 0 saturated carbocycles. The molecular formula is C19H21FN6O5S2. The van der Waals surface area contributed by atoms with E-state index in [1.54, 1.807) is 12.1 Å². The van der Waals surface area contributed by atoms with Crippen LogP contribution in [0.25, 0.3) is 5.69 Å². The van der Waals surface area contributed by atoms with Gasteiger partial charge in [-0.05, 0) is 52.9 Å². The van der Waals surface area contributed by atoms with Gasteiger partial charge in [-0.15, -0.1) is 5.10 Å². The SMILES string of the molecule is CS(=O)(=O)c1ccc(-n2nnnc2CNc2ccc(F)c(S(=O)(=O)N3CCOCC3)c2)cc1. The van der Waals surface area contributed by atoms with E-state index in [2.05, 4.69) is 20.8 Å². The molecule has 0 spiro atoms. The first-order valence-corrected chi connectivity index (χ1v) is 13.2. The number of nitrogens with zero attached hydrogens (tertiary/aromatic N) is 5. The molecule has 33 heavy (non-hydrogen) atoms. The van der Waals surface area contributed by atoms with Crippen molar-refractivity contribution in [2.45, 2.75) is 16.3 Å². The van der Waals surface area contributed by atoms with Crippen molar-refractivity contribution in [2.75, 3.05) is 37.9 Å². The molecule has 0 unspecified atom stereocenters. The molecule has 1 saturated heterocycles. The van der Waals surface area contributed by atoms with Crippen LogP contribution in [0.15, 0.2) is 52.3 Å². The number of benzene rings is 2. The first kappa shape index (κ1) is 23.2. The molecule has 1 aliphatic rings. The standard InChI is InChI=1S/C19H21FN6O5S2/c1-32(27,28)16-5-3-15(4-6-16)26-19(22-23-24-26)13-21-14-2-7-17(20)18(12-14)33(29,30)25-8-10-31-11-9-25/h2-7,12,21H,8-11,13H2,1H3. The zero-order valence-electron chi connectivity index (χ0n) is 17.5. The highest BCUT2D eigenvalue weighted by Gasteiger charge is 2.29. The van der Waals surface area contributed by atoms with Crippen molar-refractivity contribution in [3.05, 3.63) is 54.1 Å². The summed E-state index contributed by atoms with van der Waals surface area (Å²) in [7, 11) is -7.35. The molecule has 0 bridgehead atoms. The predicted octanol–water partition coefficient (Wildman–Crippen LogP) is 0.838. The molecule has 2 heterocycles. The van der Waals surface area contributed by atoms with E-state index in [-0.39, 0.29) is 37.7 Å². The summed E-state index contributed by atoms with van der Waals surface area (Å²) in [4.78, 5) is -0.260. The van der Waals surface area contributed by atoms with Gasteiger partial charge in [0.15, 0.2) is 15.7 Å². The number of hydrogen-bond acceptors (Lipinski definition) is 9. The lowest BCUT2D eigenvalue weighted by Gasteiger charge is -2.26. The Kier molecular flexibility index (Phi) is 6.43. The molecule has 176 valence electrons. The van der Waals surface area contributed by atoms with Crippen LogP contribution in [0.1, 0.15) is 5.82 Å². The van der Waals surface area contributed by atoms with Crippen molar-refractivity contribution >= 4 is 25.5 Å². The molecule has 1 aliphatic heterocycles. The topological polar surface area (TPSA) is 136 Å². The monoisotopic (exact) mass is 496 g/mol. The Bertz CT molecular complexity index is 1350. The lowest BCUT2D eigenvalue weighted by Crippen LogP contribution is -2.40. The number of nitrogens with one attached hydrogen (secondary N) is 1. The van der Waals surface area contributed by atoms with E-state index in [1.807, 2.05) is 0 Å². The van der Waals surface area contributed by atoms with Crippen LogP contribution in [-0.4, -0.2) is 73.9 Å². The van der Waals surface area contributed by atoms with Gasteiger partial charge in [-0.25, -0.2) is 21.2 Å². The van der Waals surface area contributed by atoms with E-state index in [4.69, 9.17) is 4.74 Å². The maximum absolute atomic E-state index is 14.4. The van der Waals surface area contributed by atoms with Crippen molar-refractivity contribution in [3.8, 4) is 5.69 Å². The average molecular weight is 497 g/mol. The quantitative estimate of drug-likeness (QED) is 0.504. The third-order valence-corrected chi connectivity index (χ3v) is 8.06. The summed E-state index contributed by atoms with van der Waals surface area (Å²) in [5.74, 6) is -0.466. The molecule has 1 aromatic heterocycles. The number of anilines is 1. The maximum Gasteiger partial charge on any atom is 0.246 e. The highest BCUT2D eigenvalue weighted by atomic mass is 32.2. The van der Waals surface area contributed by atoms with E-state index in [1.165, 1.54) is 33.3 Å². The van der Waals surface area contributed by atoms with Crippen molar-refractivity contribution in [1.82, 2.24) is 24.5 Å². The van der Waals surface area contributed by atoms with Crippen LogP contribution in [0.2, 0.25) is 0 Å². The molecule has 1 N–H and O–H groups in total. The van der Waals surface area contributed by atoms with Gasteiger partial charge in [0.05, 0.1) is 30.3 Å². The lowest BCUT2D eigenvalue weighted by atomic mass is 10.3. The number of morpholine rings is 1. The molecule has 2 aromatic carbocycles. The Morgan fingerprint density at radius 3 is 2.42 bits per heavy atom. The number of sulfonamides is 1. The number of ether oxygens (including phenoxy) is 1. The summed E-state index contributed by atoms with van der Waals surface area (Å²) in [5.41, 5.74) is 0.907. The number of sulfone groups is 1. The van der Waals surface area contributed by atoms with E-state index >= 15 is 0 Å². The Labute approximate surface area is 190 Å². The van der Waals surface area contributed by atoms with Gasteiger partial charge in [-0.3, -0.25) is 0 Å². The summed E-state index contributed by atoms with van der Waals surface area (Å²) < 4.78 is 71.2. The van der Waals surface area contributed by atoms with Crippen LogP contribution < -0.4 is 5.32 Å². The minimum absolute atomic E-state index is 0.101. The van der Waals surface area contributed by atoms with Gasteiger partial charge in [0.25, 0.3) is 0 Å². The summed E-state index contributed by atoms with van der Waals surface area (Å²) in [6.07, 6.45) is 1.12. The molecule has 11 nitrogen and oxygen atoms in total. The zero-order valence-corrected chi connectivity index (χ0v) is 19.2. The normalized spacial score (nSPS) is 15.5. The highest BCUT2D eigenvalue weighted by molar-refractivity contribution is 7.90. The third kappa shape index (κ3) is 5.03. The van der Waals surface area contributed by atoms with E-state index in [9.17, 15) is 21.2 Å². The fraction of sp³-hybridized carbons (Fsp3) is 0.316. The van der Waals surface area contributed by atoms with Gasteiger partial charge >= 0.3 is 0 Å². The van der Waals surface area contributed by atoms with E-state index in [0.717, 1.165) is 12.3 Å². The highest BCUT2D eigenvalue weighted by Crippen LogP contribution is 2.24. The van der Waals surface area contributed by atoms with Gasteiger partial charge in [0.2, 0.25) is 10.0 Å². The van der Waals surface area contributed by atoms with Crippen LogP contribution in [0.3, 0.4) is 0 Å². The second kappa shape index (κ2) is 9.13. The van der Waals surface area contributed by atoms with Crippen molar-refractivity contribution in [1.29, 1.82) is 0 Å². The Balaban J connectivity index is 1.53. The average Bonchev–Trinajstić information content (AvgIpc) is 3.27. The van der Waals surface area contributed by atoms with Crippen molar-refractivity contribution in [2.24, 2.45) is 0 Å². The largest absolute Gasteiger partial charge is 0.379 e. The zero-order chi connectivity index (χ0) is 23.6. The minimum Gasteiger partial charge on any atom is -0.379 e. The number of hydrogen-bond donors (Lipinski definition) is 1. The van der Waals surface area contributed by atoms with Gasteiger partial charge in [-0.2, -0.15) is 8.99 Å². The molecule has 0 amide bonds. The minimum atomic E-state index is -4.01. The van der Waals surface area contributed by atoms with Gasteiger partial charge in [0, 0.05) is 25.0 Å². The molecule has 1 fully saturated rings. The van der Waals surface area contributed by atoms with Crippen LogP contribution in [0, 0.1) is 5.82 Å². The van der Waals surface area contributed by atoms with Crippen LogP contribution in [0.5, 0.6) is 0 Å². The van der Waals surface area contributed by atoms with Crippen LogP contribution in [-0.2, 0) is 31.1 Å². The van der Waals surface area contributed by atoms with Crippen LogP contribution in [0.4, 0.5) is 10.1 Å². The molecule has 0 radical (unpaired) electrons. The molecule has 0 atom stereocenters. The first-order valence-electron chi connectivity index (χ1n) is 9.85.